The first kappa shape index (κ1) is 7.54. The summed E-state index contributed by atoms with van der Waals surface area (Å²) in [4.78, 5) is 10.3. The molecule has 1 rings (SSSR count). The second-order valence-corrected chi connectivity index (χ2v) is 3.35. The van der Waals surface area contributed by atoms with Gasteiger partial charge in [-0.1, -0.05) is 0 Å². The monoisotopic (exact) mass is 143 g/mol. The predicted molar refractivity (Wildman–Crippen MR) is 37.6 cm³/mol. The van der Waals surface area contributed by atoms with Crippen molar-refractivity contribution in [1.82, 2.24) is 0 Å². The van der Waals surface area contributed by atoms with E-state index in [1.807, 2.05) is 6.92 Å². The minimum Gasteiger partial charge on any atom is -0.481 e. The summed E-state index contributed by atoms with van der Waals surface area (Å²) in [5.74, 6) is -0.347. The Labute approximate surface area is 60.2 Å². The van der Waals surface area contributed by atoms with Crippen molar-refractivity contribution in [3.63, 3.8) is 0 Å². The van der Waals surface area contributed by atoms with Crippen LogP contribution in [0.3, 0.4) is 0 Å². The van der Waals surface area contributed by atoms with Crippen LogP contribution in [0.2, 0.25) is 0 Å². The molecule has 0 spiro atoms. The standard InChI is InChI=1S/C7H13NO2/c1-7(8,4-6(9)10)5-2-3-5/h5H,2-4,8H2,1H3,(H,9,10)/t7-/m1/s1. The van der Waals surface area contributed by atoms with Crippen molar-refractivity contribution in [3.8, 4) is 0 Å². The highest BCUT2D eigenvalue weighted by Gasteiger charge is 2.39. The molecule has 1 fully saturated rings. The van der Waals surface area contributed by atoms with Crippen LogP contribution in [-0.4, -0.2) is 16.6 Å². The molecule has 3 nitrogen and oxygen atoms in total. The molecule has 3 N–H and O–H groups in total. The van der Waals surface area contributed by atoms with E-state index in [4.69, 9.17) is 10.8 Å². The van der Waals surface area contributed by atoms with Crippen LogP contribution in [0, 0.1) is 5.92 Å². The van der Waals surface area contributed by atoms with Crippen molar-refractivity contribution in [2.75, 3.05) is 0 Å². The number of aliphatic carboxylic acids is 1. The van der Waals surface area contributed by atoms with E-state index in [9.17, 15) is 4.79 Å². The predicted octanol–water partition coefficient (Wildman–Crippen LogP) is 0.588. The van der Waals surface area contributed by atoms with Crippen LogP contribution < -0.4 is 5.73 Å². The lowest BCUT2D eigenvalue weighted by Crippen LogP contribution is -2.40. The molecule has 1 aliphatic rings. The number of carbonyl (C=O) groups is 1. The van der Waals surface area contributed by atoms with E-state index in [-0.39, 0.29) is 6.42 Å². The molecular weight excluding hydrogens is 130 g/mol. The summed E-state index contributed by atoms with van der Waals surface area (Å²) in [6.07, 6.45) is 2.29. The lowest BCUT2D eigenvalue weighted by Gasteiger charge is -2.21. The lowest BCUT2D eigenvalue weighted by atomic mass is 9.93. The maximum Gasteiger partial charge on any atom is 0.305 e. The summed E-state index contributed by atoms with van der Waals surface area (Å²) < 4.78 is 0. The highest BCUT2D eigenvalue weighted by Crippen LogP contribution is 2.39. The average Bonchev–Trinajstić information content (AvgIpc) is 2.35. The molecule has 0 aromatic carbocycles. The molecule has 0 aliphatic heterocycles. The van der Waals surface area contributed by atoms with E-state index >= 15 is 0 Å². The first-order valence-electron chi connectivity index (χ1n) is 3.53. The topological polar surface area (TPSA) is 63.3 Å². The Balaban J connectivity index is 2.41. The number of carboxylic acids is 1. The number of hydrogen-bond acceptors (Lipinski definition) is 2. The van der Waals surface area contributed by atoms with E-state index in [0.29, 0.717) is 5.92 Å². The highest BCUT2D eigenvalue weighted by atomic mass is 16.4. The van der Waals surface area contributed by atoms with Gasteiger partial charge in [0.15, 0.2) is 0 Å². The summed E-state index contributed by atoms with van der Waals surface area (Å²) in [5.41, 5.74) is 5.28. The Hall–Kier alpha value is -0.570. The fourth-order valence-electron chi connectivity index (χ4n) is 1.21. The fourth-order valence-corrected chi connectivity index (χ4v) is 1.21. The van der Waals surface area contributed by atoms with Crippen LogP contribution in [0.1, 0.15) is 26.2 Å². The van der Waals surface area contributed by atoms with Crippen molar-refractivity contribution < 1.29 is 9.90 Å². The van der Waals surface area contributed by atoms with Gasteiger partial charge in [0.2, 0.25) is 0 Å². The van der Waals surface area contributed by atoms with Gasteiger partial charge < -0.3 is 10.8 Å². The van der Waals surface area contributed by atoms with Crippen LogP contribution in [0.5, 0.6) is 0 Å². The molecule has 0 saturated heterocycles. The van der Waals surface area contributed by atoms with Gasteiger partial charge in [0.1, 0.15) is 0 Å². The van der Waals surface area contributed by atoms with Gasteiger partial charge in [0.25, 0.3) is 0 Å². The Kier molecular flexibility index (Phi) is 1.68. The molecule has 0 amide bonds. The van der Waals surface area contributed by atoms with Gasteiger partial charge in [-0.15, -0.1) is 0 Å². The summed E-state index contributed by atoms with van der Waals surface area (Å²) in [6.45, 7) is 1.82. The Morgan fingerprint density at radius 1 is 1.80 bits per heavy atom. The van der Waals surface area contributed by atoms with Gasteiger partial charge in [-0.25, -0.2) is 0 Å². The summed E-state index contributed by atoms with van der Waals surface area (Å²) in [5, 5.41) is 8.45. The smallest absolute Gasteiger partial charge is 0.305 e. The van der Waals surface area contributed by atoms with Crippen molar-refractivity contribution in [1.29, 1.82) is 0 Å². The molecule has 1 saturated carbocycles. The van der Waals surface area contributed by atoms with Crippen molar-refractivity contribution in [2.24, 2.45) is 11.7 Å². The van der Waals surface area contributed by atoms with E-state index in [0.717, 1.165) is 12.8 Å². The molecular formula is C7H13NO2. The zero-order valence-corrected chi connectivity index (χ0v) is 6.13. The first-order valence-corrected chi connectivity index (χ1v) is 3.53. The van der Waals surface area contributed by atoms with Crippen LogP contribution in [0.15, 0.2) is 0 Å². The minimum absolute atomic E-state index is 0.0949. The molecule has 0 unspecified atom stereocenters. The summed E-state index contributed by atoms with van der Waals surface area (Å²) in [6, 6.07) is 0. The SMILES string of the molecule is C[C@@](N)(CC(=O)O)C1CC1. The number of carboxylic acid groups (broad SMARTS) is 1. The number of rotatable bonds is 3. The molecule has 0 bridgehead atoms. The minimum atomic E-state index is -0.795. The van der Waals surface area contributed by atoms with E-state index in [2.05, 4.69) is 0 Å². The Morgan fingerprint density at radius 2 is 2.30 bits per heavy atom. The van der Waals surface area contributed by atoms with E-state index in [1.165, 1.54) is 0 Å². The first-order chi connectivity index (χ1) is 4.52. The van der Waals surface area contributed by atoms with Crippen LogP contribution in [0.25, 0.3) is 0 Å². The normalized spacial score (nSPS) is 23.8. The maximum atomic E-state index is 10.3. The largest absolute Gasteiger partial charge is 0.481 e. The second kappa shape index (κ2) is 2.23. The van der Waals surface area contributed by atoms with Crippen LogP contribution in [-0.2, 0) is 4.79 Å². The molecule has 3 heteroatoms. The molecule has 10 heavy (non-hydrogen) atoms. The highest BCUT2D eigenvalue weighted by molar-refractivity contribution is 5.68. The van der Waals surface area contributed by atoms with Crippen LogP contribution >= 0.6 is 0 Å². The number of nitrogens with two attached hydrogens (primary N) is 1. The van der Waals surface area contributed by atoms with Gasteiger partial charge in [0, 0.05) is 5.54 Å². The van der Waals surface area contributed by atoms with Gasteiger partial charge >= 0.3 is 5.97 Å². The molecule has 1 atom stereocenters. The Bertz CT molecular complexity index is 150. The molecule has 0 radical (unpaired) electrons. The van der Waals surface area contributed by atoms with Crippen molar-refractivity contribution >= 4 is 5.97 Å². The Morgan fingerprint density at radius 3 is 2.60 bits per heavy atom. The molecule has 1 aliphatic carbocycles. The van der Waals surface area contributed by atoms with Gasteiger partial charge in [-0.3, -0.25) is 4.79 Å². The third-order valence-corrected chi connectivity index (χ3v) is 2.04. The zero-order valence-electron chi connectivity index (χ0n) is 6.13. The number of hydrogen-bond donors (Lipinski definition) is 2. The zero-order chi connectivity index (χ0) is 7.78. The van der Waals surface area contributed by atoms with Gasteiger partial charge in [-0.05, 0) is 25.7 Å². The van der Waals surface area contributed by atoms with Crippen molar-refractivity contribution in [2.45, 2.75) is 31.7 Å². The summed E-state index contributed by atoms with van der Waals surface area (Å²) in [7, 11) is 0. The van der Waals surface area contributed by atoms with Gasteiger partial charge in [-0.2, -0.15) is 0 Å². The maximum absolute atomic E-state index is 10.3. The quantitative estimate of drug-likeness (QED) is 0.607. The van der Waals surface area contributed by atoms with Crippen molar-refractivity contribution in [3.05, 3.63) is 0 Å². The van der Waals surface area contributed by atoms with E-state index in [1.54, 1.807) is 0 Å². The second-order valence-electron chi connectivity index (χ2n) is 3.35. The fraction of sp³-hybridized carbons (Fsp3) is 0.857. The molecule has 0 heterocycles. The van der Waals surface area contributed by atoms with Gasteiger partial charge in [0.05, 0.1) is 6.42 Å². The molecule has 58 valence electrons. The lowest BCUT2D eigenvalue weighted by molar-refractivity contribution is -0.138. The third kappa shape index (κ3) is 1.70. The third-order valence-electron chi connectivity index (χ3n) is 2.04. The summed E-state index contributed by atoms with van der Waals surface area (Å²) >= 11 is 0. The van der Waals surface area contributed by atoms with E-state index < -0.39 is 11.5 Å². The molecule has 0 aromatic rings. The molecule has 0 aromatic heterocycles. The average molecular weight is 143 g/mol. The van der Waals surface area contributed by atoms with Crippen LogP contribution in [0.4, 0.5) is 0 Å².